The average Bonchev–Trinajstić information content (AvgIpc) is 2.77. The Bertz CT molecular complexity index is 734. The van der Waals surface area contributed by atoms with Crippen LogP contribution in [0.3, 0.4) is 0 Å². The molecule has 4 heteroatoms. The second-order valence-corrected chi connectivity index (χ2v) is 5.62. The molecule has 3 aromatic rings. The molecule has 90 valence electrons. The Kier molecular flexibility index (Phi) is 2.73. The minimum Gasteiger partial charge on any atom is -0.399 e. The smallest absolute Gasteiger partial charge is 0.126 e. The molecule has 1 heterocycles. The minimum absolute atomic E-state index is 0.681. The van der Waals surface area contributed by atoms with Crippen molar-refractivity contribution in [3.05, 3.63) is 47.0 Å². The standard InChI is InChI=1S/C14H11ClN2S/c1-8-3-2-4-12-13(8)17-14(18-12)10-7-9(16)5-6-11(10)15/h2-7H,16H2,1H3. The quantitative estimate of drug-likeness (QED) is 0.663. The number of halogens is 1. The van der Waals surface area contributed by atoms with E-state index in [-0.39, 0.29) is 0 Å². The molecule has 2 N–H and O–H groups in total. The fraction of sp³-hybridized carbons (Fsp3) is 0.0714. The second-order valence-electron chi connectivity index (χ2n) is 4.18. The highest BCUT2D eigenvalue weighted by Gasteiger charge is 2.11. The number of rotatable bonds is 1. The summed E-state index contributed by atoms with van der Waals surface area (Å²) in [5, 5.41) is 1.59. The van der Waals surface area contributed by atoms with Crippen molar-refractivity contribution in [2.45, 2.75) is 6.92 Å². The van der Waals surface area contributed by atoms with Gasteiger partial charge in [-0.25, -0.2) is 4.98 Å². The number of thiazole rings is 1. The van der Waals surface area contributed by atoms with Crippen LogP contribution in [0.25, 0.3) is 20.8 Å². The Balaban J connectivity index is 2.26. The zero-order valence-electron chi connectivity index (χ0n) is 9.77. The molecule has 0 unspecified atom stereocenters. The number of aromatic nitrogens is 1. The van der Waals surface area contributed by atoms with E-state index in [9.17, 15) is 0 Å². The van der Waals surface area contributed by atoms with Gasteiger partial charge in [0.05, 0.1) is 15.2 Å². The summed E-state index contributed by atoms with van der Waals surface area (Å²) in [6, 6.07) is 11.7. The van der Waals surface area contributed by atoms with Crippen LogP contribution in [0.1, 0.15) is 5.56 Å². The lowest BCUT2D eigenvalue weighted by molar-refractivity contribution is 1.42. The highest BCUT2D eigenvalue weighted by atomic mass is 35.5. The lowest BCUT2D eigenvalue weighted by atomic mass is 10.2. The maximum Gasteiger partial charge on any atom is 0.126 e. The number of para-hydroxylation sites is 1. The number of hydrogen-bond donors (Lipinski definition) is 1. The monoisotopic (exact) mass is 274 g/mol. The molecule has 0 atom stereocenters. The number of fused-ring (bicyclic) bond motifs is 1. The van der Waals surface area contributed by atoms with Gasteiger partial charge in [-0.05, 0) is 36.8 Å². The Morgan fingerprint density at radius 3 is 2.83 bits per heavy atom. The van der Waals surface area contributed by atoms with Crippen molar-refractivity contribution in [1.29, 1.82) is 0 Å². The first kappa shape index (κ1) is 11.5. The zero-order valence-corrected chi connectivity index (χ0v) is 11.3. The van der Waals surface area contributed by atoms with Gasteiger partial charge in [0, 0.05) is 11.3 Å². The Morgan fingerprint density at radius 1 is 1.22 bits per heavy atom. The van der Waals surface area contributed by atoms with Gasteiger partial charge in [0.1, 0.15) is 5.01 Å². The lowest BCUT2D eigenvalue weighted by Gasteiger charge is -2.01. The van der Waals surface area contributed by atoms with Crippen LogP contribution in [0.5, 0.6) is 0 Å². The molecule has 0 aliphatic rings. The molecule has 18 heavy (non-hydrogen) atoms. The molecule has 3 rings (SSSR count). The van der Waals surface area contributed by atoms with E-state index in [0.29, 0.717) is 10.7 Å². The summed E-state index contributed by atoms with van der Waals surface area (Å²) in [5.41, 5.74) is 9.62. The molecule has 0 saturated carbocycles. The number of nitrogen functional groups attached to an aromatic ring is 1. The third-order valence-electron chi connectivity index (χ3n) is 2.84. The average molecular weight is 275 g/mol. The first-order chi connectivity index (χ1) is 8.65. The highest BCUT2D eigenvalue weighted by molar-refractivity contribution is 7.21. The van der Waals surface area contributed by atoms with Crippen LogP contribution in [-0.4, -0.2) is 4.98 Å². The van der Waals surface area contributed by atoms with Crippen molar-refractivity contribution in [2.24, 2.45) is 0 Å². The third-order valence-corrected chi connectivity index (χ3v) is 4.23. The van der Waals surface area contributed by atoms with Crippen molar-refractivity contribution in [2.75, 3.05) is 5.73 Å². The zero-order chi connectivity index (χ0) is 12.7. The molecule has 2 aromatic carbocycles. The number of anilines is 1. The topological polar surface area (TPSA) is 38.9 Å². The first-order valence-electron chi connectivity index (χ1n) is 5.57. The van der Waals surface area contributed by atoms with Gasteiger partial charge in [0.2, 0.25) is 0 Å². The molecule has 0 spiro atoms. The van der Waals surface area contributed by atoms with E-state index >= 15 is 0 Å². The van der Waals surface area contributed by atoms with Crippen LogP contribution in [0.15, 0.2) is 36.4 Å². The van der Waals surface area contributed by atoms with Gasteiger partial charge in [-0.15, -0.1) is 11.3 Å². The van der Waals surface area contributed by atoms with E-state index in [1.807, 2.05) is 18.2 Å². The van der Waals surface area contributed by atoms with Crippen LogP contribution in [0, 0.1) is 6.92 Å². The molecular formula is C14H11ClN2S. The molecule has 1 aromatic heterocycles. The fourth-order valence-electron chi connectivity index (χ4n) is 1.91. The number of nitrogens with zero attached hydrogens (tertiary/aromatic N) is 1. The number of aryl methyl sites for hydroxylation is 1. The Hall–Kier alpha value is -1.58. The molecule has 0 saturated heterocycles. The van der Waals surface area contributed by atoms with Crippen molar-refractivity contribution in [3.63, 3.8) is 0 Å². The Morgan fingerprint density at radius 2 is 2.06 bits per heavy atom. The SMILES string of the molecule is Cc1cccc2sc(-c3cc(N)ccc3Cl)nc12. The molecular weight excluding hydrogens is 264 g/mol. The number of nitrogens with two attached hydrogens (primary N) is 1. The van der Waals surface area contributed by atoms with Gasteiger partial charge in [-0.3, -0.25) is 0 Å². The normalized spacial score (nSPS) is 11.0. The van der Waals surface area contributed by atoms with E-state index < -0.39 is 0 Å². The predicted octanol–water partition coefficient (Wildman–Crippen LogP) is 4.51. The number of hydrogen-bond acceptors (Lipinski definition) is 3. The van der Waals surface area contributed by atoms with E-state index in [2.05, 4.69) is 24.0 Å². The van der Waals surface area contributed by atoms with Gasteiger partial charge in [0.15, 0.2) is 0 Å². The van der Waals surface area contributed by atoms with Crippen molar-refractivity contribution in [1.82, 2.24) is 4.98 Å². The van der Waals surface area contributed by atoms with E-state index in [1.165, 1.54) is 10.3 Å². The molecule has 0 bridgehead atoms. The third kappa shape index (κ3) is 1.85. The molecule has 0 amide bonds. The van der Waals surface area contributed by atoms with Crippen LogP contribution >= 0.6 is 22.9 Å². The van der Waals surface area contributed by atoms with E-state index in [0.717, 1.165) is 16.1 Å². The van der Waals surface area contributed by atoms with Crippen LogP contribution in [0.4, 0.5) is 5.69 Å². The summed E-state index contributed by atoms with van der Waals surface area (Å²) in [7, 11) is 0. The highest BCUT2D eigenvalue weighted by Crippen LogP contribution is 2.36. The van der Waals surface area contributed by atoms with Gasteiger partial charge < -0.3 is 5.73 Å². The molecule has 2 nitrogen and oxygen atoms in total. The summed E-state index contributed by atoms with van der Waals surface area (Å²) >= 11 is 7.85. The van der Waals surface area contributed by atoms with Gasteiger partial charge >= 0.3 is 0 Å². The first-order valence-corrected chi connectivity index (χ1v) is 6.76. The molecule has 0 radical (unpaired) electrons. The van der Waals surface area contributed by atoms with Crippen molar-refractivity contribution >= 4 is 38.8 Å². The van der Waals surface area contributed by atoms with E-state index in [1.54, 1.807) is 17.4 Å². The summed E-state index contributed by atoms with van der Waals surface area (Å²) in [6.45, 7) is 2.06. The summed E-state index contributed by atoms with van der Waals surface area (Å²) < 4.78 is 1.17. The number of benzene rings is 2. The van der Waals surface area contributed by atoms with Crippen molar-refractivity contribution in [3.8, 4) is 10.6 Å². The summed E-state index contributed by atoms with van der Waals surface area (Å²) in [5.74, 6) is 0. The second kappa shape index (κ2) is 4.26. The van der Waals surface area contributed by atoms with Crippen molar-refractivity contribution < 1.29 is 0 Å². The lowest BCUT2D eigenvalue weighted by Crippen LogP contribution is -1.86. The predicted molar refractivity (Wildman–Crippen MR) is 79.2 cm³/mol. The van der Waals surface area contributed by atoms with Gasteiger partial charge in [-0.2, -0.15) is 0 Å². The minimum atomic E-state index is 0.681. The molecule has 0 aliphatic heterocycles. The van der Waals surface area contributed by atoms with Crippen LogP contribution in [0.2, 0.25) is 5.02 Å². The van der Waals surface area contributed by atoms with Crippen LogP contribution < -0.4 is 5.73 Å². The fourth-order valence-corrected chi connectivity index (χ4v) is 3.25. The largest absolute Gasteiger partial charge is 0.399 e. The van der Waals surface area contributed by atoms with Crippen LogP contribution in [-0.2, 0) is 0 Å². The van der Waals surface area contributed by atoms with Gasteiger partial charge in [-0.1, -0.05) is 23.7 Å². The maximum atomic E-state index is 6.21. The summed E-state index contributed by atoms with van der Waals surface area (Å²) in [6.07, 6.45) is 0. The van der Waals surface area contributed by atoms with E-state index in [4.69, 9.17) is 17.3 Å². The molecule has 0 fully saturated rings. The Labute approximate surface area is 114 Å². The summed E-state index contributed by atoms with van der Waals surface area (Å²) in [4.78, 5) is 4.66. The molecule has 0 aliphatic carbocycles. The maximum absolute atomic E-state index is 6.21. The van der Waals surface area contributed by atoms with Gasteiger partial charge in [0.25, 0.3) is 0 Å².